The zero-order valence-electron chi connectivity index (χ0n) is 32.9. The van der Waals surface area contributed by atoms with E-state index in [2.05, 4.69) is 194 Å². The van der Waals surface area contributed by atoms with Crippen LogP contribution in [0.2, 0.25) is 0 Å². The van der Waals surface area contributed by atoms with E-state index in [1.54, 1.807) is 0 Å². The normalized spacial score (nSPS) is 15.7. The lowest BCUT2D eigenvalue weighted by Gasteiger charge is -2.21. The average molecular weight is 758 g/mol. The molecular formula is C55H39N3O. The summed E-state index contributed by atoms with van der Waals surface area (Å²) in [5.41, 5.74) is 17.2. The summed E-state index contributed by atoms with van der Waals surface area (Å²) < 4.78 is 9.09. The van der Waals surface area contributed by atoms with Crippen molar-refractivity contribution < 1.29 is 4.42 Å². The summed E-state index contributed by atoms with van der Waals surface area (Å²) >= 11 is 0. The number of aromatic nitrogens is 1. The molecule has 0 saturated carbocycles. The second-order valence-corrected chi connectivity index (χ2v) is 16.5. The fourth-order valence-corrected chi connectivity index (χ4v) is 9.76. The Kier molecular flexibility index (Phi) is 7.37. The lowest BCUT2D eigenvalue weighted by Crippen LogP contribution is -2.17. The third-order valence-corrected chi connectivity index (χ3v) is 12.7. The molecule has 1 atom stereocenters. The highest BCUT2D eigenvalue weighted by Gasteiger charge is 2.36. The van der Waals surface area contributed by atoms with Crippen LogP contribution in [0.3, 0.4) is 0 Å². The van der Waals surface area contributed by atoms with Gasteiger partial charge in [0.2, 0.25) is 0 Å². The van der Waals surface area contributed by atoms with E-state index in [1.807, 2.05) is 6.07 Å². The summed E-state index contributed by atoms with van der Waals surface area (Å²) in [5.74, 6) is 0.747. The molecule has 0 radical (unpaired) electrons. The van der Waals surface area contributed by atoms with Crippen molar-refractivity contribution >= 4 is 55.3 Å². The molecule has 0 N–H and O–H groups in total. The van der Waals surface area contributed by atoms with Gasteiger partial charge in [0.05, 0.1) is 22.8 Å². The highest BCUT2D eigenvalue weighted by Crippen LogP contribution is 2.51. The second kappa shape index (κ2) is 12.9. The van der Waals surface area contributed by atoms with Gasteiger partial charge in [-0.2, -0.15) is 0 Å². The predicted molar refractivity (Wildman–Crippen MR) is 244 cm³/mol. The van der Waals surface area contributed by atoms with Crippen LogP contribution in [0, 0.1) is 0 Å². The largest absolute Gasteiger partial charge is 0.456 e. The number of hydrogen-bond donors (Lipinski definition) is 0. The lowest BCUT2D eigenvalue weighted by atomic mass is 9.82. The van der Waals surface area contributed by atoms with Crippen molar-refractivity contribution in [3.8, 4) is 27.9 Å². The van der Waals surface area contributed by atoms with E-state index in [-0.39, 0.29) is 11.5 Å². The van der Waals surface area contributed by atoms with Crippen LogP contribution in [0.25, 0.3) is 71.7 Å². The van der Waals surface area contributed by atoms with Crippen molar-refractivity contribution in [3.63, 3.8) is 0 Å². The molecular weight excluding hydrogens is 719 g/mol. The fraction of sp³-hybridized carbons (Fsp3) is 0.0909. The van der Waals surface area contributed by atoms with E-state index in [4.69, 9.17) is 14.4 Å². The average Bonchev–Trinajstić information content (AvgIpc) is 3.90. The molecule has 2 aromatic heterocycles. The van der Waals surface area contributed by atoms with Gasteiger partial charge in [0.25, 0.3) is 0 Å². The number of amidine groups is 1. The molecule has 1 unspecified atom stereocenters. The first-order chi connectivity index (χ1) is 29.0. The summed E-state index contributed by atoms with van der Waals surface area (Å²) in [7, 11) is 0. The van der Waals surface area contributed by atoms with Crippen molar-refractivity contribution in [1.82, 2.24) is 4.57 Å². The van der Waals surface area contributed by atoms with Gasteiger partial charge in [0, 0.05) is 44.6 Å². The standard InChI is InChI=1S/C55H39N3O/c1-55(2)46-22-11-9-20-40(46)43-31-44-41-21-10-12-23-50(41)58(51(44)32-47(43)55)39-25-27-52-45(30-39)42-26-24-37(29-53(42)59-52)49-33-48(35-16-7-4-8-17-35)56-54(57-49)38-19-13-18-36(28-38)34-14-5-3-6-15-34/h3-32,49H,33H2,1-2H3. The number of rotatable bonds is 5. The van der Waals surface area contributed by atoms with Crippen LogP contribution >= 0.6 is 0 Å². The molecule has 12 rings (SSSR count). The number of furan rings is 1. The van der Waals surface area contributed by atoms with Crippen molar-refractivity contribution in [2.24, 2.45) is 9.98 Å². The number of hydrogen-bond acceptors (Lipinski definition) is 3. The van der Waals surface area contributed by atoms with E-state index < -0.39 is 0 Å². The van der Waals surface area contributed by atoms with Crippen LogP contribution in [-0.2, 0) is 5.41 Å². The summed E-state index contributed by atoms with van der Waals surface area (Å²) in [5, 5.41) is 4.72. The number of benzene rings is 8. The minimum Gasteiger partial charge on any atom is -0.456 e. The highest BCUT2D eigenvalue weighted by atomic mass is 16.3. The zero-order valence-corrected chi connectivity index (χ0v) is 32.9. The van der Waals surface area contributed by atoms with Gasteiger partial charge in [-0.15, -0.1) is 0 Å². The Labute approximate surface area is 342 Å². The molecule has 3 heterocycles. The minimum absolute atomic E-state index is 0.0904. The second-order valence-electron chi connectivity index (χ2n) is 16.5. The van der Waals surface area contributed by atoms with Crippen LogP contribution in [0.15, 0.2) is 196 Å². The maximum Gasteiger partial charge on any atom is 0.155 e. The van der Waals surface area contributed by atoms with Gasteiger partial charge in [-0.3, -0.25) is 4.99 Å². The van der Waals surface area contributed by atoms with E-state index in [1.165, 1.54) is 49.6 Å². The Morgan fingerprint density at radius 3 is 2.12 bits per heavy atom. The Morgan fingerprint density at radius 1 is 0.508 bits per heavy atom. The molecule has 0 spiro atoms. The van der Waals surface area contributed by atoms with Crippen LogP contribution < -0.4 is 0 Å². The molecule has 8 aromatic carbocycles. The molecule has 0 amide bonds. The molecule has 0 saturated heterocycles. The van der Waals surface area contributed by atoms with Gasteiger partial charge in [-0.25, -0.2) is 4.99 Å². The van der Waals surface area contributed by atoms with Gasteiger partial charge in [0.15, 0.2) is 5.84 Å². The molecule has 0 bridgehead atoms. The van der Waals surface area contributed by atoms with Gasteiger partial charge < -0.3 is 8.98 Å². The summed E-state index contributed by atoms with van der Waals surface area (Å²) in [6, 6.07) is 65.3. The van der Waals surface area contributed by atoms with Crippen LogP contribution in [0.5, 0.6) is 0 Å². The first-order valence-corrected chi connectivity index (χ1v) is 20.5. The maximum absolute atomic E-state index is 6.65. The monoisotopic (exact) mass is 757 g/mol. The Balaban J connectivity index is 0.965. The molecule has 0 fully saturated rings. The number of nitrogens with zero attached hydrogens (tertiary/aromatic N) is 3. The van der Waals surface area contributed by atoms with Gasteiger partial charge in [0.1, 0.15) is 11.2 Å². The minimum atomic E-state index is -0.124. The topological polar surface area (TPSA) is 42.8 Å². The van der Waals surface area contributed by atoms with E-state index in [0.29, 0.717) is 6.42 Å². The Bertz CT molecular complexity index is 3380. The third kappa shape index (κ3) is 5.29. The van der Waals surface area contributed by atoms with Crippen molar-refractivity contribution in [2.75, 3.05) is 0 Å². The van der Waals surface area contributed by atoms with Gasteiger partial charge in [-0.1, -0.05) is 147 Å². The number of para-hydroxylation sites is 1. The lowest BCUT2D eigenvalue weighted by molar-refractivity contribution is 0.661. The number of aliphatic imine (C=N–C) groups is 2. The molecule has 280 valence electrons. The summed E-state index contributed by atoms with van der Waals surface area (Å²) in [4.78, 5) is 10.5. The Hall–Kier alpha value is -7.30. The van der Waals surface area contributed by atoms with Crippen LogP contribution in [-0.4, -0.2) is 16.1 Å². The molecule has 1 aliphatic carbocycles. The van der Waals surface area contributed by atoms with Crippen LogP contribution in [0.1, 0.15) is 54.1 Å². The SMILES string of the molecule is CC1(C)c2ccccc2-c2cc3c4ccccc4n(-c4ccc5oc6cc(C7CC(c8ccccc8)=NC(c8cccc(-c9ccccc9)c8)=N7)ccc6c5c4)c3cc21. The van der Waals surface area contributed by atoms with Crippen molar-refractivity contribution in [1.29, 1.82) is 0 Å². The Morgan fingerprint density at radius 2 is 1.25 bits per heavy atom. The first-order valence-electron chi connectivity index (χ1n) is 20.5. The predicted octanol–water partition coefficient (Wildman–Crippen LogP) is 14.0. The molecule has 1 aliphatic heterocycles. The van der Waals surface area contributed by atoms with Crippen LogP contribution in [0.4, 0.5) is 0 Å². The fourth-order valence-electron chi connectivity index (χ4n) is 9.76. The highest BCUT2D eigenvalue weighted by molar-refractivity contribution is 6.15. The quantitative estimate of drug-likeness (QED) is 0.172. The summed E-state index contributed by atoms with van der Waals surface area (Å²) in [6.07, 6.45) is 0.696. The third-order valence-electron chi connectivity index (χ3n) is 12.7. The van der Waals surface area contributed by atoms with Crippen molar-refractivity contribution in [3.05, 3.63) is 210 Å². The summed E-state index contributed by atoms with van der Waals surface area (Å²) in [6.45, 7) is 4.71. The first kappa shape index (κ1) is 33.8. The van der Waals surface area contributed by atoms with E-state index in [9.17, 15) is 0 Å². The van der Waals surface area contributed by atoms with Gasteiger partial charge >= 0.3 is 0 Å². The number of fused-ring (bicyclic) bond motifs is 9. The molecule has 2 aliphatic rings. The molecule has 10 aromatic rings. The smallest absolute Gasteiger partial charge is 0.155 e. The van der Waals surface area contributed by atoms with E-state index >= 15 is 0 Å². The van der Waals surface area contributed by atoms with Crippen molar-refractivity contribution in [2.45, 2.75) is 31.7 Å². The van der Waals surface area contributed by atoms with E-state index in [0.717, 1.165) is 61.4 Å². The molecule has 59 heavy (non-hydrogen) atoms. The molecule has 4 nitrogen and oxygen atoms in total. The zero-order chi connectivity index (χ0) is 39.2. The molecule has 4 heteroatoms. The maximum atomic E-state index is 6.65. The van der Waals surface area contributed by atoms with Gasteiger partial charge in [-0.05, 0) is 93.0 Å².